The first-order chi connectivity index (χ1) is 9.74. The Morgan fingerprint density at radius 1 is 1.15 bits per heavy atom. The summed E-state index contributed by atoms with van der Waals surface area (Å²) in [5, 5.41) is 6.61. The highest BCUT2D eigenvalue weighted by Gasteiger charge is 2.11. The second-order valence-corrected chi connectivity index (χ2v) is 5.39. The summed E-state index contributed by atoms with van der Waals surface area (Å²) in [5.41, 5.74) is 1.10. The van der Waals surface area contributed by atoms with Crippen molar-refractivity contribution >= 4 is 11.6 Å². The van der Waals surface area contributed by atoms with Crippen LogP contribution in [-0.4, -0.2) is 48.1 Å². The Morgan fingerprint density at radius 2 is 1.85 bits per heavy atom. The first-order valence-electron chi connectivity index (χ1n) is 7.76. The molecule has 1 aromatic heterocycles. The van der Waals surface area contributed by atoms with E-state index in [0.717, 1.165) is 36.0 Å². The van der Waals surface area contributed by atoms with Gasteiger partial charge in [0.25, 0.3) is 0 Å². The van der Waals surface area contributed by atoms with E-state index in [0.29, 0.717) is 0 Å². The molecule has 0 atom stereocenters. The standard InChI is InChI=1S/C15H27N5/c1-4-13-18-14(16-3)12(2)15(19-13)17-8-7-11-20-9-5-6-10-20/h4-11H2,1-3H3,(H2,16,17,18,19). The minimum atomic E-state index is 0.859. The van der Waals surface area contributed by atoms with Gasteiger partial charge in [-0.3, -0.25) is 0 Å². The van der Waals surface area contributed by atoms with Crippen molar-refractivity contribution in [3.05, 3.63) is 11.4 Å². The van der Waals surface area contributed by atoms with Crippen LogP contribution in [0.3, 0.4) is 0 Å². The Labute approximate surface area is 122 Å². The van der Waals surface area contributed by atoms with Crippen LogP contribution in [0.2, 0.25) is 0 Å². The molecular formula is C15H27N5. The van der Waals surface area contributed by atoms with Crippen LogP contribution in [0.25, 0.3) is 0 Å². The zero-order valence-corrected chi connectivity index (χ0v) is 13.0. The van der Waals surface area contributed by atoms with Crippen LogP contribution >= 0.6 is 0 Å². The second-order valence-electron chi connectivity index (χ2n) is 5.39. The van der Waals surface area contributed by atoms with Crippen LogP contribution in [0.5, 0.6) is 0 Å². The van der Waals surface area contributed by atoms with E-state index in [2.05, 4.69) is 39.3 Å². The lowest BCUT2D eigenvalue weighted by molar-refractivity contribution is 0.337. The Morgan fingerprint density at radius 3 is 2.50 bits per heavy atom. The van der Waals surface area contributed by atoms with E-state index in [1.165, 1.54) is 38.9 Å². The third-order valence-corrected chi connectivity index (χ3v) is 3.89. The van der Waals surface area contributed by atoms with Gasteiger partial charge in [0.05, 0.1) is 0 Å². The molecule has 0 aromatic carbocycles. The molecule has 1 saturated heterocycles. The van der Waals surface area contributed by atoms with Crippen molar-refractivity contribution in [2.75, 3.05) is 43.9 Å². The average molecular weight is 277 g/mol. The Balaban J connectivity index is 1.87. The summed E-state index contributed by atoms with van der Waals surface area (Å²) in [5.74, 6) is 2.79. The van der Waals surface area contributed by atoms with Crippen molar-refractivity contribution in [3.8, 4) is 0 Å². The van der Waals surface area contributed by atoms with Gasteiger partial charge in [0.2, 0.25) is 0 Å². The van der Waals surface area contributed by atoms with Crippen molar-refractivity contribution in [1.82, 2.24) is 14.9 Å². The van der Waals surface area contributed by atoms with Gasteiger partial charge < -0.3 is 15.5 Å². The average Bonchev–Trinajstić information content (AvgIpc) is 2.98. The summed E-state index contributed by atoms with van der Waals surface area (Å²) < 4.78 is 0. The lowest BCUT2D eigenvalue weighted by Gasteiger charge is -2.16. The minimum Gasteiger partial charge on any atom is -0.373 e. The molecule has 2 heterocycles. The van der Waals surface area contributed by atoms with Gasteiger partial charge in [-0.05, 0) is 45.8 Å². The van der Waals surface area contributed by atoms with Gasteiger partial charge >= 0.3 is 0 Å². The Kier molecular flexibility index (Phi) is 5.59. The first-order valence-corrected chi connectivity index (χ1v) is 7.76. The quantitative estimate of drug-likeness (QED) is 0.749. The zero-order chi connectivity index (χ0) is 14.4. The number of nitrogens with zero attached hydrogens (tertiary/aromatic N) is 3. The number of aromatic nitrogens is 2. The molecule has 1 fully saturated rings. The summed E-state index contributed by atoms with van der Waals surface area (Å²) in [6, 6.07) is 0. The first kappa shape index (κ1) is 15.0. The Bertz CT molecular complexity index is 427. The van der Waals surface area contributed by atoms with Crippen molar-refractivity contribution in [3.63, 3.8) is 0 Å². The van der Waals surface area contributed by atoms with E-state index in [-0.39, 0.29) is 0 Å². The summed E-state index contributed by atoms with van der Waals surface area (Å²) in [4.78, 5) is 11.6. The molecule has 2 N–H and O–H groups in total. The number of hydrogen-bond donors (Lipinski definition) is 2. The predicted octanol–water partition coefficient (Wildman–Crippen LogP) is 2.29. The fraction of sp³-hybridized carbons (Fsp3) is 0.733. The third-order valence-electron chi connectivity index (χ3n) is 3.89. The highest BCUT2D eigenvalue weighted by molar-refractivity contribution is 5.56. The molecule has 1 aliphatic heterocycles. The number of anilines is 2. The van der Waals surface area contributed by atoms with Crippen LogP contribution in [-0.2, 0) is 6.42 Å². The molecular weight excluding hydrogens is 250 g/mol. The molecule has 0 amide bonds. The van der Waals surface area contributed by atoms with E-state index in [9.17, 15) is 0 Å². The summed E-state index contributed by atoms with van der Waals surface area (Å²) in [6.45, 7) is 8.86. The highest BCUT2D eigenvalue weighted by atomic mass is 15.1. The van der Waals surface area contributed by atoms with E-state index < -0.39 is 0 Å². The van der Waals surface area contributed by atoms with Crippen LogP contribution in [0.15, 0.2) is 0 Å². The predicted molar refractivity (Wildman–Crippen MR) is 84.5 cm³/mol. The smallest absolute Gasteiger partial charge is 0.134 e. The zero-order valence-electron chi connectivity index (χ0n) is 13.0. The normalized spacial score (nSPS) is 15.6. The third kappa shape index (κ3) is 3.82. The minimum absolute atomic E-state index is 0.859. The number of likely N-dealkylation sites (tertiary alicyclic amines) is 1. The summed E-state index contributed by atoms with van der Waals surface area (Å²) in [6.07, 6.45) is 4.75. The van der Waals surface area contributed by atoms with Gasteiger partial charge in [0.1, 0.15) is 17.5 Å². The topological polar surface area (TPSA) is 53.1 Å². The lowest BCUT2D eigenvalue weighted by atomic mass is 10.2. The van der Waals surface area contributed by atoms with E-state index in [1.54, 1.807) is 0 Å². The molecule has 5 heteroatoms. The molecule has 0 spiro atoms. The SMILES string of the molecule is CCc1nc(NC)c(C)c(NCCCN2CCCC2)n1. The molecule has 0 bridgehead atoms. The lowest BCUT2D eigenvalue weighted by Crippen LogP contribution is -2.22. The van der Waals surface area contributed by atoms with Crippen molar-refractivity contribution in [2.45, 2.75) is 39.5 Å². The molecule has 0 saturated carbocycles. The number of nitrogens with one attached hydrogen (secondary N) is 2. The monoisotopic (exact) mass is 277 g/mol. The van der Waals surface area contributed by atoms with E-state index in [1.807, 2.05) is 7.05 Å². The van der Waals surface area contributed by atoms with Gasteiger partial charge in [-0.2, -0.15) is 0 Å². The molecule has 2 rings (SSSR count). The van der Waals surface area contributed by atoms with Gasteiger partial charge in [-0.15, -0.1) is 0 Å². The van der Waals surface area contributed by atoms with Gasteiger partial charge in [-0.25, -0.2) is 9.97 Å². The largest absolute Gasteiger partial charge is 0.373 e. The van der Waals surface area contributed by atoms with Crippen molar-refractivity contribution in [2.24, 2.45) is 0 Å². The van der Waals surface area contributed by atoms with Crippen molar-refractivity contribution in [1.29, 1.82) is 0 Å². The van der Waals surface area contributed by atoms with Crippen LogP contribution in [0.1, 0.15) is 37.6 Å². The number of hydrogen-bond acceptors (Lipinski definition) is 5. The maximum absolute atomic E-state index is 4.59. The Hall–Kier alpha value is -1.36. The molecule has 1 aromatic rings. The highest BCUT2D eigenvalue weighted by Crippen LogP contribution is 2.19. The molecule has 0 radical (unpaired) electrons. The maximum Gasteiger partial charge on any atom is 0.134 e. The summed E-state index contributed by atoms with van der Waals surface area (Å²) >= 11 is 0. The van der Waals surface area contributed by atoms with E-state index >= 15 is 0 Å². The molecule has 5 nitrogen and oxygen atoms in total. The van der Waals surface area contributed by atoms with Gasteiger partial charge in [0.15, 0.2) is 0 Å². The molecule has 0 unspecified atom stereocenters. The van der Waals surface area contributed by atoms with Crippen LogP contribution < -0.4 is 10.6 Å². The fourth-order valence-electron chi connectivity index (χ4n) is 2.65. The van der Waals surface area contributed by atoms with Gasteiger partial charge in [0, 0.05) is 25.6 Å². The fourth-order valence-corrected chi connectivity index (χ4v) is 2.65. The van der Waals surface area contributed by atoms with Crippen LogP contribution in [0.4, 0.5) is 11.6 Å². The van der Waals surface area contributed by atoms with Crippen molar-refractivity contribution < 1.29 is 0 Å². The van der Waals surface area contributed by atoms with E-state index in [4.69, 9.17) is 0 Å². The molecule has 1 aliphatic rings. The maximum atomic E-state index is 4.59. The van der Waals surface area contributed by atoms with Gasteiger partial charge in [-0.1, -0.05) is 6.92 Å². The number of aryl methyl sites for hydroxylation is 1. The summed E-state index contributed by atoms with van der Waals surface area (Å²) in [7, 11) is 1.91. The molecule has 20 heavy (non-hydrogen) atoms. The number of rotatable bonds is 7. The second kappa shape index (κ2) is 7.43. The van der Waals surface area contributed by atoms with Crippen LogP contribution in [0, 0.1) is 6.92 Å². The molecule has 0 aliphatic carbocycles. The molecule has 112 valence electrons.